The van der Waals surface area contributed by atoms with E-state index in [1.165, 1.54) is 6.07 Å². The molecule has 0 spiro atoms. The van der Waals surface area contributed by atoms with Crippen LogP contribution >= 0.6 is 15.9 Å². The van der Waals surface area contributed by atoms with Gasteiger partial charge in [-0.2, -0.15) is 4.98 Å². The molecule has 2 aromatic carbocycles. The molecule has 4 rings (SSSR count). The molecule has 1 aliphatic heterocycles. The smallest absolute Gasteiger partial charge is 0.322 e. The molecule has 0 bridgehead atoms. The van der Waals surface area contributed by atoms with Crippen LogP contribution in [-0.2, 0) is 0 Å². The summed E-state index contributed by atoms with van der Waals surface area (Å²) >= 11 is 3.38. The number of amides is 2. The van der Waals surface area contributed by atoms with Crippen molar-refractivity contribution in [2.75, 3.05) is 11.9 Å². The van der Waals surface area contributed by atoms with Crippen LogP contribution in [-0.4, -0.2) is 27.6 Å². The third-order valence-electron chi connectivity index (χ3n) is 4.51. The molecule has 1 aromatic heterocycles. The lowest BCUT2D eigenvalue weighted by molar-refractivity contribution is 0.193. The molecule has 1 N–H and O–H groups in total. The summed E-state index contributed by atoms with van der Waals surface area (Å²) in [6.07, 6.45) is 1.44. The standard InChI is InChI=1S/C19H15BrF2N4O2/c20-12-5-3-11(4-6-12)17-24-18(28-25-17)16-2-1-9-26(16)19(27)23-13-7-8-14(21)15(22)10-13/h3-8,10,16H,1-2,9H2,(H,23,27). The number of urea groups is 1. The molecular formula is C19H15BrF2N4O2. The maximum Gasteiger partial charge on any atom is 0.322 e. The minimum absolute atomic E-state index is 0.177. The van der Waals surface area contributed by atoms with Gasteiger partial charge >= 0.3 is 6.03 Å². The molecule has 1 aliphatic rings. The Bertz CT molecular complexity index is 1010. The number of rotatable bonds is 3. The summed E-state index contributed by atoms with van der Waals surface area (Å²) in [5.74, 6) is -1.21. The third kappa shape index (κ3) is 3.75. The van der Waals surface area contributed by atoms with E-state index >= 15 is 0 Å². The Morgan fingerprint density at radius 3 is 2.71 bits per heavy atom. The predicted octanol–water partition coefficient (Wildman–Crippen LogP) is 5.15. The number of carbonyl (C=O) groups excluding carboxylic acids is 1. The van der Waals surface area contributed by atoms with Crippen molar-refractivity contribution in [2.45, 2.75) is 18.9 Å². The fourth-order valence-electron chi connectivity index (χ4n) is 3.12. The van der Waals surface area contributed by atoms with Gasteiger partial charge in [-0.3, -0.25) is 0 Å². The van der Waals surface area contributed by atoms with E-state index in [0.29, 0.717) is 24.7 Å². The van der Waals surface area contributed by atoms with Crippen LogP contribution in [0.1, 0.15) is 24.8 Å². The van der Waals surface area contributed by atoms with E-state index in [1.54, 1.807) is 4.90 Å². The van der Waals surface area contributed by atoms with Gasteiger partial charge in [-0.1, -0.05) is 21.1 Å². The van der Waals surface area contributed by atoms with Crippen molar-refractivity contribution < 1.29 is 18.1 Å². The van der Waals surface area contributed by atoms with Gasteiger partial charge in [0.1, 0.15) is 6.04 Å². The zero-order valence-electron chi connectivity index (χ0n) is 14.5. The largest absolute Gasteiger partial charge is 0.337 e. The molecule has 0 radical (unpaired) electrons. The Morgan fingerprint density at radius 1 is 1.18 bits per heavy atom. The van der Waals surface area contributed by atoms with E-state index in [2.05, 4.69) is 31.4 Å². The Kier molecular flexibility index (Phi) is 5.08. The lowest BCUT2D eigenvalue weighted by Gasteiger charge is -2.22. The summed E-state index contributed by atoms with van der Waals surface area (Å²) in [5.41, 5.74) is 0.976. The first kappa shape index (κ1) is 18.5. The van der Waals surface area contributed by atoms with E-state index in [1.807, 2.05) is 24.3 Å². The molecule has 144 valence electrons. The fourth-order valence-corrected chi connectivity index (χ4v) is 3.39. The number of likely N-dealkylation sites (tertiary alicyclic amines) is 1. The lowest BCUT2D eigenvalue weighted by Crippen LogP contribution is -2.34. The number of aromatic nitrogens is 2. The van der Waals surface area contributed by atoms with Gasteiger partial charge in [0.2, 0.25) is 11.7 Å². The maximum absolute atomic E-state index is 13.4. The van der Waals surface area contributed by atoms with E-state index in [4.69, 9.17) is 4.52 Å². The number of anilines is 1. The zero-order valence-corrected chi connectivity index (χ0v) is 16.1. The summed E-state index contributed by atoms with van der Waals surface area (Å²) in [7, 11) is 0. The number of carbonyl (C=O) groups is 1. The van der Waals surface area contributed by atoms with E-state index in [0.717, 1.165) is 28.6 Å². The van der Waals surface area contributed by atoms with Gasteiger partial charge in [0, 0.05) is 28.3 Å². The van der Waals surface area contributed by atoms with Crippen molar-refractivity contribution in [1.82, 2.24) is 15.0 Å². The van der Waals surface area contributed by atoms with E-state index < -0.39 is 17.7 Å². The number of hydrogen-bond acceptors (Lipinski definition) is 4. The van der Waals surface area contributed by atoms with Crippen LogP contribution in [0.15, 0.2) is 51.5 Å². The van der Waals surface area contributed by atoms with Crippen LogP contribution in [0.25, 0.3) is 11.4 Å². The molecule has 2 heterocycles. The Morgan fingerprint density at radius 2 is 1.96 bits per heavy atom. The van der Waals surface area contributed by atoms with Gasteiger partial charge in [0.15, 0.2) is 11.6 Å². The topological polar surface area (TPSA) is 71.3 Å². The van der Waals surface area contributed by atoms with Crippen LogP contribution < -0.4 is 5.32 Å². The molecule has 1 unspecified atom stereocenters. The van der Waals surface area contributed by atoms with Gasteiger partial charge in [-0.05, 0) is 49.2 Å². The van der Waals surface area contributed by atoms with Gasteiger partial charge in [-0.25, -0.2) is 13.6 Å². The number of halogens is 3. The first-order valence-electron chi connectivity index (χ1n) is 8.63. The fraction of sp³-hybridized carbons (Fsp3) is 0.211. The van der Waals surface area contributed by atoms with Gasteiger partial charge < -0.3 is 14.7 Å². The highest BCUT2D eigenvalue weighted by Gasteiger charge is 2.34. The van der Waals surface area contributed by atoms with Crippen LogP contribution in [0.2, 0.25) is 0 Å². The second-order valence-electron chi connectivity index (χ2n) is 6.37. The summed E-state index contributed by atoms with van der Waals surface area (Å²) < 4.78 is 32.8. The molecule has 0 saturated carbocycles. The Balaban J connectivity index is 1.51. The summed E-state index contributed by atoms with van der Waals surface area (Å²) in [5, 5.41) is 6.59. The van der Waals surface area contributed by atoms with Crippen molar-refractivity contribution in [3.8, 4) is 11.4 Å². The molecule has 0 aliphatic carbocycles. The Labute approximate surface area is 167 Å². The van der Waals surface area contributed by atoms with Gasteiger partial charge in [-0.15, -0.1) is 0 Å². The normalized spacial score (nSPS) is 16.4. The first-order valence-corrected chi connectivity index (χ1v) is 9.43. The summed E-state index contributed by atoms with van der Waals surface area (Å²) in [6.45, 7) is 0.496. The van der Waals surface area contributed by atoms with Crippen molar-refractivity contribution >= 4 is 27.6 Å². The molecule has 9 heteroatoms. The van der Waals surface area contributed by atoms with Crippen molar-refractivity contribution in [1.29, 1.82) is 0 Å². The number of nitrogens with one attached hydrogen (secondary N) is 1. The molecule has 1 fully saturated rings. The number of nitrogens with zero attached hydrogens (tertiary/aromatic N) is 3. The number of benzene rings is 2. The van der Waals surface area contributed by atoms with Crippen molar-refractivity contribution in [3.63, 3.8) is 0 Å². The van der Waals surface area contributed by atoms with Gasteiger partial charge in [0.05, 0.1) is 0 Å². The highest BCUT2D eigenvalue weighted by Crippen LogP contribution is 2.32. The summed E-state index contributed by atoms with van der Waals surface area (Å²) in [4.78, 5) is 18.6. The number of hydrogen-bond donors (Lipinski definition) is 1. The van der Waals surface area contributed by atoms with Crippen LogP contribution in [0.5, 0.6) is 0 Å². The van der Waals surface area contributed by atoms with Crippen LogP contribution in [0.4, 0.5) is 19.3 Å². The third-order valence-corrected chi connectivity index (χ3v) is 5.04. The highest BCUT2D eigenvalue weighted by atomic mass is 79.9. The van der Waals surface area contributed by atoms with Crippen LogP contribution in [0.3, 0.4) is 0 Å². The average molecular weight is 449 g/mol. The molecule has 2 amide bonds. The van der Waals surface area contributed by atoms with Crippen molar-refractivity contribution in [3.05, 3.63) is 64.5 Å². The van der Waals surface area contributed by atoms with Crippen LogP contribution in [0, 0.1) is 11.6 Å². The minimum atomic E-state index is -1.02. The SMILES string of the molecule is O=C(Nc1ccc(F)c(F)c1)N1CCCC1c1nc(-c2ccc(Br)cc2)no1. The maximum atomic E-state index is 13.4. The zero-order chi connectivity index (χ0) is 19.7. The Hall–Kier alpha value is -2.81. The molecule has 6 nitrogen and oxygen atoms in total. The molecule has 1 atom stereocenters. The molecule has 1 saturated heterocycles. The first-order chi connectivity index (χ1) is 13.5. The van der Waals surface area contributed by atoms with Crippen molar-refractivity contribution in [2.24, 2.45) is 0 Å². The summed E-state index contributed by atoms with van der Waals surface area (Å²) in [6, 6.07) is 9.89. The second-order valence-corrected chi connectivity index (χ2v) is 7.29. The molecule has 3 aromatic rings. The quantitative estimate of drug-likeness (QED) is 0.601. The highest BCUT2D eigenvalue weighted by molar-refractivity contribution is 9.10. The van der Waals surface area contributed by atoms with E-state index in [9.17, 15) is 13.6 Å². The minimum Gasteiger partial charge on any atom is -0.337 e. The van der Waals surface area contributed by atoms with E-state index in [-0.39, 0.29) is 11.7 Å². The average Bonchev–Trinajstić information content (AvgIpc) is 3.34. The molecular weight excluding hydrogens is 434 g/mol. The molecule has 28 heavy (non-hydrogen) atoms. The predicted molar refractivity (Wildman–Crippen MR) is 101 cm³/mol. The lowest BCUT2D eigenvalue weighted by atomic mass is 10.2. The second kappa shape index (κ2) is 7.67. The monoisotopic (exact) mass is 448 g/mol. The van der Waals surface area contributed by atoms with Gasteiger partial charge in [0.25, 0.3) is 0 Å².